The predicted octanol–water partition coefficient (Wildman–Crippen LogP) is 4.41. The Morgan fingerprint density at radius 3 is 2.32 bits per heavy atom. The Hall–Kier alpha value is -3.84. The number of aromatic nitrogens is 3. The summed E-state index contributed by atoms with van der Waals surface area (Å²) in [4.78, 5) is 19.3. The summed E-state index contributed by atoms with van der Waals surface area (Å²) in [5.41, 5.74) is 8.94. The largest absolute Gasteiger partial charge is 0.336 e. The van der Waals surface area contributed by atoms with Crippen LogP contribution in [0.5, 0.6) is 0 Å². The van der Waals surface area contributed by atoms with E-state index in [9.17, 15) is 4.79 Å². The lowest BCUT2D eigenvalue weighted by atomic mass is 9.94. The summed E-state index contributed by atoms with van der Waals surface area (Å²) in [7, 11) is 0. The molecule has 3 aromatic carbocycles. The summed E-state index contributed by atoms with van der Waals surface area (Å²) in [6.45, 7) is 9.45. The highest BCUT2D eigenvalue weighted by molar-refractivity contribution is 5.94. The molecule has 1 aliphatic rings. The fourth-order valence-corrected chi connectivity index (χ4v) is 4.55. The van der Waals surface area contributed by atoms with Gasteiger partial charge in [-0.1, -0.05) is 18.2 Å². The molecule has 2 N–H and O–H groups in total. The molecule has 0 bridgehead atoms. The molecule has 1 aromatic heterocycles. The van der Waals surface area contributed by atoms with Crippen molar-refractivity contribution < 1.29 is 4.79 Å². The van der Waals surface area contributed by atoms with Crippen LogP contribution in [0.2, 0.25) is 0 Å². The normalized spacial score (nSPS) is 13.8. The molecule has 0 radical (unpaired) electrons. The van der Waals surface area contributed by atoms with Crippen molar-refractivity contribution in [3.8, 4) is 11.1 Å². The molecule has 0 aliphatic carbocycles. The third-order valence-electron chi connectivity index (χ3n) is 6.31. The first-order chi connectivity index (χ1) is 16.5. The van der Waals surface area contributed by atoms with Crippen LogP contribution in [0.25, 0.3) is 22.2 Å². The molecule has 4 aromatic rings. The van der Waals surface area contributed by atoms with E-state index in [0.717, 1.165) is 54.0 Å². The first kappa shape index (κ1) is 22.0. The summed E-state index contributed by atoms with van der Waals surface area (Å²) in [6.07, 6.45) is 0. The third-order valence-corrected chi connectivity index (χ3v) is 6.31. The number of amides is 1. The molecule has 1 fully saturated rings. The molecule has 1 amide bonds. The molecule has 0 saturated carbocycles. The second-order valence-corrected chi connectivity index (χ2v) is 8.81. The van der Waals surface area contributed by atoms with E-state index >= 15 is 0 Å². The van der Waals surface area contributed by atoms with Crippen molar-refractivity contribution >= 4 is 28.6 Å². The standard InChI is InChI=1S/C27H28N6O/c1-17-5-4-6-18(2)24(17)21-15-19(3)25-23(16-21)31-32-27(30-25)29-22-9-7-20(8-10-22)26(34)33-13-11-28-12-14-33/h4-10,15-16,28H,11-14H2,1-3H3,(H,29,30,32). The van der Waals surface area contributed by atoms with E-state index in [0.29, 0.717) is 11.5 Å². The lowest BCUT2D eigenvalue weighted by molar-refractivity contribution is 0.0736. The van der Waals surface area contributed by atoms with Gasteiger partial charge >= 0.3 is 0 Å². The lowest BCUT2D eigenvalue weighted by Crippen LogP contribution is -2.46. The Balaban J connectivity index is 1.37. The number of hydrogen-bond donors (Lipinski definition) is 2. The Bertz CT molecular complexity index is 1340. The van der Waals surface area contributed by atoms with Crippen molar-refractivity contribution in [2.24, 2.45) is 0 Å². The van der Waals surface area contributed by atoms with E-state index in [1.807, 2.05) is 29.2 Å². The van der Waals surface area contributed by atoms with Gasteiger partial charge in [0.2, 0.25) is 5.95 Å². The molecule has 5 rings (SSSR count). The van der Waals surface area contributed by atoms with E-state index in [1.54, 1.807) is 0 Å². The molecule has 2 heterocycles. The average Bonchev–Trinajstić information content (AvgIpc) is 2.85. The number of nitrogens with one attached hydrogen (secondary N) is 2. The number of aryl methyl sites for hydroxylation is 3. The fraction of sp³-hybridized carbons (Fsp3) is 0.259. The zero-order valence-corrected chi connectivity index (χ0v) is 19.7. The van der Waals surface area contributed by atoms with E-state index in [1.165, 1.54) is 16.7 Å². The van der Waals surface area contributed by atoms with Gasteiger partial charge in [0.1, 0.15) is 5.52 Å². The minimum absolute atomic E-state index is 0.0620. The van der Waals surface area contributed by atoms with Crippen LogP contribution in [0.4, 0.5) is 11.6 Å². The molecule has 1 aliphatic heterocycles. The van der Waals surface area contributed by atoms with Crippen LogP contribution in [-0.2, 0) is 0 Å². The van der Waals surface area contributed by atoms with Gasteiger partial charge in [0.25, 0.3) is 5.91 Å². The predicted molar refractivity (Wildman–Crippen MR) is 135 cm³/mol. The summed E-state index contributed by atoms with van der Waals surface area (Å²) < 4.78 is 0. The average molecular weight is 453 g/mol. The van der Waals surface area contributed by atoms with Crippen LogP contribution < -0.4 is 10.6 Å². The zero-order chi connectivity index (χ0) is 23.7. The molecular formula is C27H28N6O. The number of benzene rings is 3. The van der Waals surface area contributed by atoms with Crippen LogP contribution in [0.15, 0.2) is 54.6 Å². The Kier molecular flexibility index (Phi) is 5.94. The van der Waals surface area contributed by atoms with Gasteiger partial charge in [0.15, 0.2) is 0 Å². The van der Waals surface area contributed by atoms with Gasteiger partial charge in [-0.15, -0.1) is 10.2 Å². The van der Waals surface area contributed by atoms with Gasteiger partial charge in [-0.05, 0) is 85.0 Å². The van der Waals surface area contributed by atoms with Gasteiger partial charge in [0, 0.05) is 37.4 Å². The summed E-state index contributed by atoms with van der Waals surface area (Å²) in [6, 6.07) is 18.0. The lowest BCUT2D eigenvalue weighted by Gasteiger charge is -2.27. The number of carbonyl (C=O) groups excluding carboxylic acids is 1. The molecule has 7 heteroatoms. The molecular weight excluding hydrogens is 424 g/mol. The van der Waals surface area contributed by atoms with Crippen molar-refractivity contribution in [3.05, 3.63) is 76.9 Å². The van der Waals surface area contributed by atoms with E-state index < -0.39 is 0 Å². The summed E-state index contributed by atoms with van der Waals surface area (Å²) in [5.74, 6) is 0.489. The second-order valence-electron chi connectivity index (χ2n) is 8.81. The van der Waals surface area contributed by atoms with Crippen molar-refractivity contribution in [1.82, 2.24) is 25.4 Å². The summed E-state index contributed by atoms with van der Waals surface area (Å²) >= 11 is 0. The number of anilines is 2. The molecule has 34 heavy (non-hydrogen) atoms. The van der Waals surface area contributed by atoms with Crippen LogP contribution >= 0.6 is 0 Å². The first-order valence-electron chi connectivity index (χ1n) is 11.6. The van der Waals surface area contributed by atoms with Gasteiger partial charge in [-0.3, -0.25) is 4.79 Å². The maximum Gasteiger partial charge on any atom is 0.253 e. The van der Waals surface area contributed by atoms with E-state index in [-0.39, 0.29) is 5.91 Å². The highest BCUT2D eigenvalue weighted by Crippen LogP contribution is 2.31. The maximum atomic E-state index is 12.7. The SMILES string of the molecule is Cc1cccc(C)c1-c1cc(C)c2nc(Nc3ccc(C(=O)N4CCNCC4)cc3)nnc2c1. The van der Waals surface area contributed by atoms with Crippen LogP contribution in [0.3, 0.4) is 0 Å². The molecule has 0 unspecified atom stereocenters. The number of hydrogen-bond acceptors (Lipinski definition) is 6. The first-order valence-corrected chi connectivity index (χ1v) is 11.6. The molecule has 0 atom stereocenters. The monoisotopic (exact) mass is 452 g/mol. The quantitative estimate of drug-likeness (QED) is 0.477. The molecule has 7 nitrogen and oxygen atoms in total. The smallest absolute Gasteiger partial charge is 0.253 e. The van der Waals surface area contributed by atoms with Gasteiger partial charge in [0.05, 0.1) is 5.52 Å². The maximum absolute atomic E-state index is 12.7. The van der Waals surface area contributed by atoms with Gasteiger partial charge in [-0.2, -0.15) is 0 Å². The van der Waals surface area contributed by atoms with Crippen LogP contribution in [-0.4, -0.2) is 52.2 Å². The van der Waals surface area contributed by atoms with Crippen molar-refractivity contribution in [1.29, 1.82) is 0 Å². The van der Waals surface area contributed by atoms with E-state index in [4.69, 9.17) is 4.98 Å². The second kappa shape index (κ2) is 9.19. The zero-order valence-electron chi connectivity index (χ0n) is 19.7. The van der Waals surface area contributed by atoms with Crippen LogP contribution in [0.1, 0.15) is 27.0 Å². The van der Waals surface area contributed by atoms with Gasteiger partial charge < -0.3 is 15.5 Å². The molecule has 0 spiro atoms. The van der Waals surface area contributed by atoms with Crippen molar-refractivity contribution in [3.63, 3.8) is 0 Å². The minimum Gasteiger partial charge on any atom is -0.336 e. The summed E-state index contributed by atoms with van der Waals surface area (Å²) in [5, 5.41) is 15.2. The third kappa shape index (κ3) is 4.34. The Labute approximate surface area is 199 Å². The molecule has 1 saturated heterocycles. The minimum atomic E-state index is 0.0620. The number of rotatable bonds is 4. The van der Waals surface area contributed by atoms with Gasteiger partial charge in [-0.25, -0.2) is 4.98 Å². The van der Waals surface area contributed by atoms with Crippen molar-refractivity contribution in [2.75, 3.05) is 31.5 Å². The fourth-order valence-electron chi connectivity index (χ4n) is 4.55. The van der Waals surface area contributed by atoms with Crippen molar-refractivity contribution in [2.45, 2.75) is 20.8 Å². The number of piperazine rings is 1. The topological polar surface area (TPSA) is 83.0 Å². The van der Waals surface area contributed by atoms with E-state index in [2.05, 4.69) is 71.9 Å². The van der Waals surface area contributed by atoms with Crippen LogP contribution in [0, 0.1) is 20.8 Å². The number of fused-ring (bicyclic) bond motifs is 1. The highest BCUT2D eigenvalue weighted by Gasteiger charge is 2.18. The number of nitrogens with zero attached hydrogens (tertiary/aromatic N) is 4. The Morgan fingerprint density at radius 2 is 1.62 bits per heavy atom. The Morgan fingerprint density at radius 1 is 0.912 bits per heavy atom. The highest BCUT2D eigenvalue weighted by atomic mass is 16.2. The molecule has 172 valence electrons. The number of carbonyl (C=O) groups is 1.